The van der Waals surface area contributed by atoms with E-state index in [4.69, 9.17) is 0 Å². The first-order valence-electron chi connectivity index (χ1n) is 8.25. The number of nitrogens with one attached hydrogen (secondary N) is 4. The number of amides is 2. The van der Waals surface area contributed by atoms with Crippen molar-refractivity contribution in [3.63, 3.8) is 0 Å². The molecule has 9 heteroatoms. The number of hydrogen-bond donors (Lipinski definition) is 4. The van der Waals surface area contributed by atoms with Gasteiger partial charge in [0.2, 0.25) is 0 Å². The average molecular weight is 360 g/mol. The molecule has 0 unspecified atom stereocenters. The highest BCUT2D eigenvalue weighted by atomic mass is 16.2. The molecule has 4 N–H and O–H groups in total. The van der Waals surface area contributed by atoms with Gasteiger partial charge in [-0.1, -0.05) is 29.5 Å². The normalized spacial score (nSPS) is 10.5. The van der Waals surface area contributed by atoms with Gasteiger partial charge < -0.3 is 10.6 Å². The number of tetrazole rings is 1. The Balaban J connectivity index is 1.42. The van der Waals surface area contributed by atoms with E-state index in [9.17, 15) is 4.79 Å². The lowest BCUT2D eigenvalue weighted by Crippen LogP contribution is -2.19. The van der Waals surface area contributed by atoms with Crippen molar-refractivity contribution in [3.8, 4) is 11.3 Å². The summed E-state index contributed by atoms with van der Waals surface area (Å²) in [6, 6.07) is 16.6. The topological polar surface area (TPSA) is 124 Å². The number of urea groups is 1. The highest BCUT2D eigenvalue weighted by molar-refractivity contribution is 6.00. The van der Waals surface area contributed by atoms with E-state index in [0.29, 0.717) is 23.6 Å². The van der Waals surface area contributed by atoms with Gasteiger partial charge in [0.15, 0.2) is 5.82 Å². The molecule has 0 saturated heterocycles. The quantitative estimate of drug-likeness (QED) is 0.436. The minimum Gasteiger partial charge on any atom is -0.308 e. The minimum absolute atomic E-state index is 0.325. The largest absolute Gasteiger partial charge is 0.323 e. The number of H-pyrrole nitrogens is 2. The summed E-state index contributed by atoms with van der Waals surface area (Å²) < 4.78 is 0. The van der Waals surface area contributed by atoms with Crippen LogP contribution in [0.25, 0.3) is 11.3 Å². The average Bonchev–Trinajstić information content (AvgIpc) is 3.36. The van der Waals surface area contributed by atoms with Crippen molar-refractivity contribution in [3.05, 3.63) is 72.2 Å². The Labute approximate surface area is 154 Å². The van der Waals surface area contributed by atoms with Crippen molar-refractivity contribution in [2.24, 2.45) is 0 Å². The van der Waals surface area contributed by atoms with Crippen LogP contribution in [0.15, 0.2) is 60.8 Å². The van der Waals surface area contributed by atoms with Crippen LogP contribution in [0, 0.1) is 0 Å². The molecule has 134 valence electrons. The van der Waals surface area contributed by atoms with E-state index in [0.717, 1.165) is 16.8 Å². The summed E-state index contributed by atoms with van der Waals surface area (Å²) in [5, 5.41) is 26.3. The van der Waals surface area contributed by atoms with Crippen LogP contribution < -0.4 is 10.6 Å². The zero-order valence-corrected chi connectivity index (χ0v) is 14.2. The van der Waals surface area contributed by atoms with Crippen molar-refractivity contribution < 1.29 is 4.79 Å². The first kappa shape index (κ1) is 16.5. The fraction of sp³-hybridized carbons (Fsp3) is 0.0556. The smallest absolute Gasteiger partial charge is 0.308 e. The Morgan fingerprint density at radius 3 is 2.56 bits per heavy atom. The molecule has 2 heterocycles. The highest BCUT2D eigenvalue weighted by Crippen LogP contribution is 2.20. The number of carbonyl (C=O) groups excluding carboxylic acids is 1. The van der Waals surface area contributed by atoms with E-state index in [1.54, 1.807) is 6.20 Å². The fourth-order valence-electron chi connectivity index (χ4n) is 2.67. The summed E-state index contributed by atoms with van der Waals surface area (Å²) in [5.41, 5.74) is 4.15. The zero-order valence-electron chi connectivity index (χ0n) is 14.2. The molecule has 0 bridgehead atoms. The second-order valence-electron chi connectivity index (χ2n) is 5.84. The van der Waals surface area contributed by atoms with E-state index in [2.05, 4.69) is 41.5 Å². The van der Waals surface area contributed by atoms with E-state index in [1.807, 2.05) is 54.6 Å². The van der Waals surface area contributed by atoms with E-state index >= 15 is 0 Å². The first-order chi connectivity index (χ1) is 13.3. The minimum atomic E-state index is -0.325. The van der Waals surface area contributed by atoms with Gasteiger partial charge in [0, 0.05) is 29.6 Å². The number of anilines is 2. The lowest BCUT2D eigenvalue weighted by molar-refractivity contribution is 0.262. The molecular weight excluding hydrogens is 344 g/mol. The Bertz CT molecular complexity index is 1030. The van der Waals surface area contributed by atoms with E-state index in [-0.39, 0.29) is 6.03 Å². The van der Waals surface area contributed by atoms with Gasteiger partial charge in [0.1, 0.15) is 0 Å². The van der Waals surface area contributed by atoms with Crippen LogP contribution in [-0.2, 0) is 6.42 Å². The van der Waals surface area contributed by atoms with Crippen LogP contribution in [-0.4, -0.2) is 36.9 Å². The molecule has 27 heavy (non-hydrogen) atoms. The standard InChI is InChI=1S/C18H16N8O/c27-18(21-15-6-2-4-13(11-15)16-7-8-19-22-16)20-14-5-1-3-12(9-14)10-17-23-25-26-24-17/h1-9,11H,10H2,(H,19,22)(H2,20,21,27)(H,23,24,25,26). The molecule has 2 aromatic carbocycles. The van der Waals surface area contributed by atoms with Crippen molar-refractivity contribution in [1.29, 1.82) is 0 Å². The second kappa shape index (κ2) is 7.48. The summed E-state index contributed by atoms with van der Waals surface area (Å²) in [4.78, 5) is 12.3. The molecule has 0 aliphatic heterocycles. The first-order valence-corrected chi connectivity index (χ1v) is 8.25. The third-order valence-electron chi connectivity index (χ3n) is 3.87. The SMILES string of the molecule is O=C(Nc1cccc(Cc2nn[nH]n2)c1)Nc1cccc(-c2ccn[nH]2)c1. The second-order valence-corrected chi connectivity index (χ2v) is 5.84. The van der Waals surface area contributed by atoms with Crippen LogP contribution in [0.5, 0.6) is 0 Å². The number of nitrogens with zero attached hydrogens (tertiary/aromatic N) is 4. The molecule has 0 atom stereocenters. The zero-order chi connectivity index (χ0) is 18.5. The Hall–Kier alpha value is -4.01. The highest BCUT2D eigenvalue weighted by Gasteiger charge is 2.07. The molecule has 2 aromatic heterocycles. The van der Waals surface area contributed by atoms with Crippen molar-refractivity contribution in [2.75, 3.05) is 10.6 Å². The molecule has 9 nitrogen and oxygen atoms in total. The van der Waals surface area contributed by atoms with Gasteiger partial charge in [-0.15, -0.1) is 10.2 Å². The molecule has 2 amide bonds. The van der Waals surface area contributed by atoms with Gasteiger partial charge in [-0.2, -0.15) is 10.3 Å². The molecule has 0 aliphatic rings. The molecule has 0 radical (unpaired) electrons. The number of aromatic nitrogens is 6. The van der Waals surface area contributed by atoms with Crippen molar-refractivity contribution in [2.45, 2.75) is 6.42 Å². The van der Waals surface area contributed by atoms with Gasteiger partial charge in [0.25, 0.3) is 0 Å². The number of carbonyl (C=O) groups is 1. The monoisotopic (exact) mass is 360 g/mol. The van der Waals surface area contributed by atoms with Gasteiger partial charge in [-0.3, -0.25) is 5.10 Å². The van der Waals surface area contributed by atoms with Gasteiger partial charge in [-0.05, 0) is 35.9 Å². The predicted octanol–water partition coefficient (Wildman–Crippen LogP) is 2.82. The molecule has 4 rings (SSSR count). The number of benzene rings is 2. The van der Waals surface area contributed by atoms with Crippen molar-refractivity contribution in [1.82, 2.24) is 30.8 Å². The summed E-state index contributed by atoms with van der Waals surface area (Å²) in [6.07, 6.45) is 2.21. The lowest BCUT2D eigenvalue weighted by atomic mass is 10.1. The van der Waals surface area contributed by atoms with E-state index in [1.165, 1.54) is 0 Å². The molecular formula is C18H16N8O. The third kappa shape index (κ3) is 4.15. The number of hydrogen-bond acceptors (Lipinski definition) is 5. The summed E-state index contributed by atoms with van der Waals surface area (Å²) in [7, 11) is 0. The summed E-state index contributed by atoms with van der Waals surface area (Å²) >= 11 is 0. The lowest BCUT2D eigenvalue weighted by Gasteiger charge is -2.09. The Morgan fingerprint density at radius 2 is 1.81 bits per heavy atom. The molecule has 4 aromatic rings. The van der Waals surface area contributed by atoms with Crippen LogP contribution in [0.4, 0.5) is 16.2 Å². The predicted molar refractivity (Wildman–Crippen MR) is 100 cm³/mol. The third-order valence-corrected chi connectivity index (χ3v) is 3.87. The van der Waals surface area contributed by atoms with Crippen LogP contribution >= 0.6 is 0 Å². The van der Waals surface area contributed by atoms with Crippen LogP contribution in [0.1, 0.15) is 11.4 Å². The molecule has 0 spiro atoms. The van der Waals surface area contributed by atoms with Crippen LogP contribution in [0.2, 0.25) is 0 Å². The van der Waals surface area contributed by atoms with Crippen molar-refractivity contribution >= 4 is 17.4 Å². The van der Waals surface area contributed by atoms with Gasteiger partial charge in [-0.25, -0.2) is 4.79 Å². The summed E-state index contributed by atoms with van der Waals surface area (Å²) in [6.45, 7) is 0. The van der Waals surface area contributed by atoms with E-state index < -0.39 is 0 Å². The molecule has 0 fully saturated rings. The molecule has 0 aliphatic carbocycles. The Kier molecular flexibility index (Phi) is 4.56. The maximum atomic E-state index is 12.3. The number of aromatic amines is 2. The number of rotatable bonds is 5. The molecule has 0 saturated carbocycles. The van der Waals surface area contributed by atoms with Gasteiger partial charge in [0.05, 0.1) is 5.69 Å². The summed E-state index contributed by atoms with van der Waals surface area (Å²) in [5.74, 6) is 0.590. The van der Waals surface area contributed by atoms with Gasteiger partial charge >= 0.3 is 6.03 Å². The maximum Gasteiger partial charge on any atom is 0.323 e. The Morgan fingerprint density at radius 1 is 1.00 bits per heavy atom. The van der Waals surface area contributed by atoms with Crippen LogP contribution in [0.3, 0.4) is 0 Å². The fourth-order valence-corrected chi connectivity index (χ4v) is 2.67. The maximum absolute atomic E-state index is 12.3.